The third-order valence-corrected chi connectivity index (χ3v) is 2.92. The first kappa shape index (κ1) is 10.5. The standard InChI is InChI=1S/C16H10N2/c17-11-13-7-4-8-16-14(13)9-10-15(18-16)12-5-2-1-3-6-12/h1-10H. The van der Waals surface area contributed by atoms with Crippen molar-refractivity contribution >= 4 is 10.9 Å². The molecule has 3 aromatic rings. The monoisotopic (exact) mass is 230 g/mol. The van der Waals surface area contributed by atoms with Crippen LogP contribution in [0.5, 0.6) is 0 Å². The average Bonchev–Trinajstić information content (AvgIpc) is 2.47. The van der Waals surface area contributed by atoms with Gasteiger partial charge in [-0.25, -0.2) is 4.98 Å². The smallest absolute Gasteiger partial charge is 0.0998 e. The zero-order chi connectivity index (χ0) is 12.4. The summed E-state index contributed by atoms with van der Waals surface area (Å²) in [6.45, 7) is 0. The Morgan fingerprint density at radius 2 is 1.67 bits per heavy atom. The van der Waals surface area contributed by atoms with Gasteiger partial charge in [0.1, 0.15) is 0 Å². The third-order valence-electron chi connectivity index (χ3n) is 2.92. The lowest BCUT2D eigenvalue weighted by Gasteiger charge is -2.04. The number of benzene rings is 2. The molecular weight excluding hydrogens is 220 g/mol. The van der Waals surface area contributed by atoms with Crippen molar-refractivity contribution in [2.45, 2.75) is 0 Å². The molecular formula is C16H10N2. The number of nitrogens with zero attached hydrogens (tertiary/aromatic N) is 2. The molecule has 0 unspecified atom stereocenters. The van der Waals surface area contributed by atoms with E-state index in [2.05, 4.69) is 11.1 Å². The molecule has 0 aliphatic heterocycles. The summed E-state index contributed by atoms with van der Waals surface area (Å²) in [4.78, 5) is 4.60. The molecule has 2 heteroatoms. The minimum absolute atomic E-state index is 0.666. The summed E-state index contributed by atoms with van der Waals surface area (Å²) in [7, 11) is 0. The van der Waals surface area contributed by atoms with Crippen LogP contribution in [0.3, 0.4) is 0 Å². The zero-order valence-electron chi connectivity index (χ0n) is 9.67. The van der Waals surface area contributed by atoms with Crippen LogP contribution in [0.25, 0.3) is 22.2 Å². The Kier molecular flexibility index (Phi) is 2.51. The van der Waals surface area contributed by atoms with Crippen LogP contribution in [-0.2, 0) is 0 Å². The van der Waals surface area contributed by atoms with Crippen LogP contribution in [0.15, 0.2) is 60.7 Å². The summed E-state index contributed by atoms with van der Waals surface area (Å²) >= 11 is 0. The molecule has 0 saturated carbocycles. The van der Waals surface area contributed by atoms with Gasteiger partial charge in [0, 0.05) is 10.9 Å². The third kappa shape index (κ3) is 1.72. The highest BCUT2D eigenvalue weighted by Gasteiger charge is 2.03. The van der Waals surface area contributed by atoms with Crippen LogP contribution in [0.4, 0.5) is 0 Å². The molecule has 0 amide bonds. The van der Waals surface area contributed by atoms with Crippen molar-refractivity contribution in [2.24, 2.45) is 0 Å². The van der Waals surface area contributed by atoms with Gasteiger partial charge in [0.2, 0.25) is 0 Å². The second kappa shape index (κ2) is 4.31. The Labute approximate surface area is 105 Å². The molecule has 0 fully saturated rings. The molecule has 3 rings (SSSR count). The van der Waals surface area contributed by atoms with Gasteiger partial charge in [0.05, 0.1) is 22.8 Å². The average molecular weight is 230 g/mol. The van der Waals surface area contributed by atoms with Gasteiger partial charge in [-0.2, -0.15) is 5.26 Å². The first-order chi connectivity index (χ1) is 8.88. The summed E-state index contributed by atoms with van der Waals surface area (Å²) in [6, 6.07) is 21.7. The Morgan fingerprint density at radius 3 is 2.44 bits per heavy atom. The van der Waals surface area contributed by atoms with Crippen LogP contribution in [0, 0.1) is 11.3 Å². The van der Waals surface area contributed by atoms with E-state index in [9.17, 15) is 0 Å². The molecule has 0 saturated heterocycles. The number of aromatic nitrogens is 1. The van der Waals surface area contributed by atoms with E-state index < -0.39 is 0 Å². The van der Waals surface area contributed by atoms with Crippen molar-refractivity contribution in [3.63, 3.8) is 0 Å². The predicted molar refractivity (Wildman–Crippen MR) is 71.9 cm³/mol. The van der Waals surface area contributed by atoms with E-state index in [0.29, 0.717) is 5.56 Å². The van der Waals surface area contributed by atoms with Gasteiger partial charge < -0.3 is 0 Å². The molecule has 0 bridgehead atoms. The highest BCUT2D eigenvalue weighted by molar-refractivity contribution is 5.86. The molecule has 18 heavy (non-hydrogen) atoms. The van der Waals surface area contributed by atoms with Crippen molar-refractivity contribution in [1.82, 2.24) is 4.98 Å². The van der Waals surface area contributed by atoms with E-state index in [1.165, 1.54) is 0 Å². The predicted octanol–water partition coefficient (Wildman–Crippen LogP) is 3.77. The Hall–Kier alpha value is -2.66. The van der Waals surface area contributed by atoms with E-state index in [1.54, 1.807) is 0 Å². The fourth-order valence-electron chi connectivity index (χ4n) is 2.02. The van der Waals surface area contributed by atoms with E-state index in [1.807, 2.05) is 60.7 Å². The zero-order valence-corrected chi connectivity index (χ0v) is 9.67. The number of rotatable bonds is 1. The molecule has 84 valence electrons. The lowest BCUT2D eigenvalue weighted by Crippen LogP contribution is -1.87. The molecule has 0 radical (unpaired) electrons. The van der Waals surface area contributed by atoms with E-state index in [4.69, 9.17) is 5.26 Å². The summed E-state index contributed by atoms with van der Waals surface area (Å²) in [6.07, 6.45) is 0. The molecule has 2 nitrogen and oxygen atoms in total. The lowest BCUT2D eigenvalue weighted by atomic mass is 10.1. The molecule has 1 heterocycles. The van der Waals surface area contributed by atoms with Gasteiger partial charge in [-0.05, 0) is 24.3 Å². The second-order valence-electron chi connectivity index (χ2n) is 4.05. The number of fused-ring (bicyclic) bond motifs is 1. The molecule has 2 aromatic carbocycles. The van der Waals surface area contributed by atoms with E-state index in [0.717, 1.165) is 22.2 Å². The maximum absolute atomic E-state index is 9.04. The number of hydrogen-bond acceptors (Lipinski definition) is 2. The summed E-state index contributed by atoms with van der Waals surface area (Å²) in [5.74, 6) is 0. The molecule has 1 aromatic heterocycles. The largest absolute Gasteiger partial charge is 0.248 e. The normalized spacial score (nSPS) is 10.2. The minimum atomic E-state index is 0.666. The van der Waals surface area contributed by atoms with Gasteiger partial charge in [-0.3, -0.25) is 0 Å². The van der Waals surface area contributed by atoms with Crippen LogP contribution >= 0.6 is 0 Å². The SMILES string of the molecule is N#Cc1cccc2nc(-c3ccccc3)ccc12. The fraction of sp³-hybridized carbons (Fsp3) is 0. The van der Waals surface area contributed by atoms with Gasteiger partial charge in [-0.1, -0.05) is 36.4 Å². The summed E-state index contributed by atoms with van der Waals surface area (Å²) in [5, 5.41) is 9.95. The van der Waals surface area contributed by atoms with Crippen molar-refractivity contribution in [3.8, 4) is 17.3 Å². The maximum Gasteiger partial charge on any atom is 0.0998 e. The second-order valence-corrected chi connectivity index (χ2v) is 4.05. The summed E-state index contributed by atoms with van der Waals surface area (Å²) in [5.41, 5.74) is 3.54. The van der Waals surface area contributed by atoms with E-state index in [-0.39, 0.29) is 0 Å². The van der Waals surface area contributed by atoms with Gasteiger partial charge in [-0.15, -0.1) is 0 Å². The van der Waals surface area contributed by atoms with Crippen molar-refractivity contribution < 1.29 is 0 Å². The van der Waals surface area contributed by atoms with Crippen LogP contribution in [-0.4, -0.2) is 4.98 Å². The lowest BCUT2D eigenvalue weighted by molar-refractivity contribution is 1.39. The highest BCUT2D eigenvalue weighted by Crippen LogP contribution is 2.22. The maximum atomic E-state index is 9.04. The molecule has 0 N–H and O–H groups in total. The Morgan fingerprint density at radius 1 is 0.833 bits per heavy atom. The topological polar surface area (TPSA) is 36.7 Å². The number of nitriles is 1. The van der Waals surface area contributed by atoms with Crippen molar-refractivity contribution in [2.75, 3.05) is 0 Å². The molecule has 0 spiro atoms. The van der Waals surface area contributed by atoms with Crippen LogP contribution in [0.2, 0.25) is 0 Å². The first-order valence-corrected chi connectivity index (χ1v) is 5.74. The van der Waals surface area contributed by atoms with Gasteiger partial charge >= 0.3 is 0 Å². The van der Waals surface area contributed by atoms with Crippen molar-refractivity contribution in [3.05, 3.63) is 66.2 Å². The fourth-order valence-corrected chi connectivity index (χ4v) is 2.02. The molecule has 0 atom stereocenters. The van der Waals surface area contributed by atoms with Crippen LogP contribution < -0.4 is 0 Å². The number of pyridine rings is 1. The Bertz CT molecular complexity index is 740. The van der Waals surface area contributed by atoms with Crippen molar-refractivity contribution in [1.29, 1.82) is 5.26 Å². The highest BCUT2D eigenvalue weighted by atomic mass is 14.7. The quantitative estimate of drug-likeness (QED) is 0.638. The number of hydrogen-bond donors (Lipinski definition) is 0. The first-order valence-electron chi connectivity index (χ1n) is 5.74. The van der Waals surface area contributed by atoms with E-state index >= 15 is 0 Å². The molecule has 0 aliphatic carbocycles. The van der Waals surface area contributed by atoms with Crippen LogP contribution in [0.1, 0.15) is 5.56 Å². The van der Waals surface area contributed by atoms with Gasteiger partial charge in [0.25, 0.3) is 0 Å². The minimum Gasteiger partial charge on any atom is -0.248 e. The Balaban J connectivity index is 2.22. The molecule has 0 aliphatic rings. The van der Waals surface area contributed by atoms with Gasteiger partial charge in [0.15, 0.2) is 0 Å². The summed E-state index contributed by atoms with van der Waals surface area (Å²) < 4.78 is 0.